The van der Waals surface area contributed by atoms with Crippen LogP contribution in [0, 0.1) is 0 Å². The van der Waals surface area contributed by atoms with Gasteiger partial charge in [-0.05, 0) is 70.7 Å². The van der Waals surface area contributed by atoms with Gasteiger partial charge < -0.3 is 4.42 Å². The first-order valence-corrected chi connectivity index (χ1v) is 13.8. The summed E-state index contributed by atoms with van der Waals surface area (Å²) < 4.78 is 6.43. The van der Waals surface area contributed by atoms with E-state index in [0.717, 1.165) is 50.9 Å². The molecule has 3 heteroatoms. The van der Waals surface area contributed by atoms with Crippen molar-refractivity contribution in [2.24, 2.45) is 9.98 Å². The quantitative estimate of drug-likeness (QED) is 0.219. The molecule has 3 heterocycles. The van der Waals surface area contributed by atoms with E-state index >= 15 is 0 Å². The maximum absolute atomic E-state index is 6.43. The highest BCUT2D eigenvalue weighted by Crippen LogP contribution is 2.37. The van der Waals surface area contributed by atoms with Gasteiger partial charge >= 0.3 is 0 Å². The molecule has 2 aliphatic rings. The fraction of sp³-hybridized carbons (Fsp3) is 0.135. The number of furan rings is 1. The number of hydrogen-bond donors (Lipinski definition) is 0. The van der Waals surface area contributed by atoms with Crippen LogP contribution in [0.3, 0.4) is 0 Å². The highest BCUT2D eigenvalue weighted by molar-refractivity contribution is 6.15. The molecule has 0 fully saturated rings. The minimum atomic E-state index is 0.0191. The molecule has 0 bridgehead atoms. The molecule has 0 N–H and O–H groups in total. The molecule has 0 saturated heterocycles. The first-order valence-electron chi connectivity index (χ1n) is 13.8. The average molecular weight is 519 g/mol. The molecule has 2 aliphatic heterocycles. The minimum Gasteiger partial charge on any atom is -0.456 e. The second kappa shape index (κ2) is 9.77. The van der Waals surface area contributed by atoms with Crippen molar-refractivity contribution in [2.45, 2.75) is 25.3 Å². The molecule has 4 aromatic carbocycles. The summed E-state index contributed by atoms with van der Waals surface area (Å²) in [5, 5.41) is 2.21. The Morgan fingerprint density at radius 3 is 2.38 bits per heavy atom. The largest absolute Gasteiger partial charge is 0.456 e. The molecule has 2 unspecified atom stereocenters. The molecule has 0 saturated carbocycles. The molecule has 0 spiro atoms. The second-order valence-electron chi connectivity index (χ2n) is 10.6. The molecule has 40 heavy (non-hydrogen) atoms. The Hall–Kier alpha value is -4.76. The highest BCUT2D eigenvalue weighted by atomic mass is 16.3. The molecule has 0 aliphatic carbocycles. The van der Waals surface area contributed by atoms with E-state index in [1.165, 1.54) is 27.8 Å². The first-order chi connectivity index (χ1) is 19.6. The van der Waals surface area contributed by atoms with Crippen molar-refractivity contribution in [1.82, 2.24) is 0 Å². The lowest BCUT2D eigenvalue weighted by molar-refractivity contribution is 0.616. The third kappa shape index (κ3) is 3.97. The van der Waals surface area contributed by atoms with Crippen molar-refractivity contribution >= 4 is 33.4 Å². The van der Waals surface area contributed by atoms with E-state index < -0.39 is 0 Å². The molecule has 1 aromatic heterocycles. The fourth-order valence-electron chi connectivity index (χ4n) is 6.23. The molecule has 2 atom stereocenters. The van der Waals surface area contributed by atoms with Crippen LogP contribution in [0.15, 0.2) is 136 Å². The lowest BCUT2D eigenvalue weighted by atomic mass is 9.81. The number of hydrogen-bond acceptors (Lipinski definition) is 3. The Kier molecular flexibility index (Phi) is 5.93. The van der Waals surface area contributed by atoms with Crippen LogP contribution in [-0.2, 0) is 6.42 Å². The van der Waals surface area contributed by atoms with Gasteiger partial charge in [0.05, 0.1) is 24.0 Å². The van der Waals surface area contributed by atoms with E-state index in [9.17, 15) is 0 Å². The Balaban J connectivity index is 1.31. The van der Waals surface area contributed by atoms with Gasteiger partial charge in [0, 0.05) is 27.8 Å². The SMILES string of the molecule is C=CC1=NC/C(C2N=C(C=C)c3ccccc3C2C)=C\Cc2cc3oc4cc(-c5ccccc5)ccc4c3cc21. The average Bonchev–Trinajstić information content (AvgIpc) is 3.35. The molecule has 0 amide bonds. The summed E-state index contributed by atoms with van der Waals surface area (Å²) in [4.78, 5) is 10.2. The van der Waals surface area contributed by atoms with Crippen molar-refractivity contribution in [1.29, 1.82) is 0 Å². The molecule has 194 valence electrons. The summed E-state index contributed by atoms with van der Waals surface area (Å²) in [5.74, 6) is 0.254. The summed E-state index contributed by atoms with van der Waals surface area (Å²) in [7, 11) is 0. The van der Waals surface area contributed by atoms with Gasteiger partial charge in [0.1, 0.15) is 11.2 Å². The van der Waals surface area contributed by atoms with Gasteiger partial charge in [0.15, 0.2) is 0 Å². The lowest BCUT2D eigenvalue weighted by Gasteiger charge is -2.30. The standard InChI is InChI=1S/C37H30N2O/c1-4-33-31-21-32-30-18-17-25(24-11-7-6-8-12-24)19-35(30)40-36(32)20-26(31)15-16-27(22-38-33)37-23(3)28-13-9-10-14-29(28)34(5-2)39-37/h4-14,16-21,23,37H,1-2,15,22H2,3H3/b27-16+,38-33?. The van der Waals surface area contributed by atoms with Gasteiger partial charge in [-0.15, -0.1) is 0 Å². The third-order valence-electron chi connectivity index (χ3n) is 8.34. The highest BCUT2D eigenvalue weighted by Gasteiger charge is 2.30. The monoisotopic (exact) mass is 518 g/mol. The lowest BCUT2D eigenvalue weighted by Crippen LogP contribution is -2.27. The number of nitrogens with zero attached hydrogens (tertiary/aromatic N) is 2. The maximum Gasteiger partial charge on any atom is 0.136 e. The molecule has 5 aromatic rings. The maximum atomic E-state index is 6.43. The predicted molar refractivity (Wildman–Crippen MR) is 168 cm³/mol. The molecule has 0 radical (unpaired) electrons. The van der Waals surface area contributed by atoms with Crippen LogP contribution in [0.2, 0.25) is 0 Å². The fourth-order valence-corrected chi connectivity index (χ4v) is 6.23. The van der Waals surface area contributed by atoms with E-state index in [1.54, 1.807) is 0 Å². The van der Waals surface area contributed by atoms with E-state index in [-0.39, 0.29) is 12.0 Å². The minimum absolute atomic E-state index is 0.0191. The third-order valence-corrected chi connectivity index (χ3v) is 8.34. The van der Waals surface area contributed by atoms with Gasteiger partial charge in [0.2, 0.25) is 0 Å². The van der Waals surface area contributed by atoms with Crippen LogP contribution in [-0.4, -0.2) is 24.0 Å². The molecule has 7 rings (SSSR count). The Morgan fingerprint density at radius 1 is 0.775 bits per heavy atom. The van der Waals surface area contributed by atoms with E-state index in [0.29, 0.717) is 6.54 Å². The van der Waals surface area contributed by atoms with Crippen LogP contribution >= 0.6 is 0 Å². The predicted octanol–water partition coefficient (Wildman–Crippen LogP) is 8.87. The van der Waals surface area contributed by atoms with Crippen molar-refractivity contribution in [3.63, 3.8) is 0 Å². The Bertz CT molecular complexity index is 1900. The number of allylic oxidation sites excluding steroid dienone is 3. The number of fused-ring (bicyclic) bond motifs is 5. The summed E-state index contributed by atoms with van der Waals surface area (Å²) in [6, 6.07) is 29.8. The van der Waals surface area contributed by atoms with Crippen LogP contribution in [0.5, 0.6) is 0 Å². The van der Waals surface area contributed by atoms with Gasteiger partial charge in [-0.2, -0.15) is 0 Å². The number of benzene rings is 4. The van der Waals surface area contributed by atoms with Crippen molar-refractivity contribution in [2.75, 3.05) is 6.54 Å². The van der Waals surface area contributed by atoms with Crippen molar-refractivity contribution in [3.8, 4) is 11.1 Å². The van der Waals surface area contributed by atoms with Gasteiger partial charge in [-0.3, -0.25) is 9.98 Å². The summed E-state index contributed by atoms with van der Waals surface area (Å²) in [6.07, 6.45) is 6.85. The first kappa shape index (κ1) is 24.3. The zero-order valence-electron chi connectivity index (χ0n) is 22.6. The topological polar surface area (TPSA) is 37.9 Å². The van der Waals surface area contributed by atoms with E-state index in [4.69, 9.17) is 14.4 Å². The summed E-state index contributed by atoms with van der Waals surface area (Å²) in [5.41, 5.74) is 12.0. The van der Waals surface area contributed by atoms with Gasteiger partial charge in [-0.25, -0.2) is 0 Å². The van der Waals surface area contributed by atoms with Crippen molar-refractivity contribution < 1.29 is 4.42 Å². The second-order valence-corrected chi connectivity index (χ2v) is 10.6. The molecular weight excluding hydrogens is 488 g/mol. The molecule has 3 nitrogen and oxygen atoms in total. The molecular formula is C37H30N2O. The van der Waals surface area contributed by atoms with Gasteiger partial charge in [-0.1, -0.05) is 86.8 Å². The number of rotatable bonds is 4. The van der Waals surface area contributed by atoms with Crippen LogP contribution < -0.4 is 0 Å². The number of aliphatic imine (C=N–C) groups is 2. The smallest absolute Gasteiger partial charge is 0.136 e. The van der Waals surface area contributed by atoms with E-state index in [2.05, 4.69) is 105 Å². The zero-order valence-corrected chi connectivity index (χ0v) is 22.6. The van der Waals surface area contributed by atoms with Crippen LogP contribution in [0.25, 0.3) is 33.1 Å². The summed E-state index contributed by atoms with van der Waals surface area (Å²) >= 11 is 0. The van der Waals surface area contributed by atoms with Crippen molar-refractivity contribution in [3.05, 3.63) is 144 Å². The summed E-state index contributed by atoms with van der Waals surface area (Å²) in [6.45, 7) is 11.0. The Morgan fingerprint density at radius 2 is 1.55 bits per heavy atom. The van der Waals surface area contributed by atoms with Gasteiger partial charge in [0.25, 0.3) is 0 Å². The van der Waals surface area contributed by atoms with Crippen LogP contribution in [0.4, 0.5) is 0 Å². The normalized spacial score (nSPS) is 19.9. The van der Waals surface area contributed by atoms with E-state index in [1.807, 2.05) is 18.2 Å². The Labute approximate surface area is 234 Å². The van der Waals surface area contributed by atoms with Crippen LogP contribution in [0.1, 0.15) is 35.1 Å². The zero-order chi connectivity index (χ0) is 27.2.